The molecule has 0 aliphatic carbocycles. The van der Waals surface area contributed by atoms with E-state index in [1.54, 1.807) is 21.0 Å². The van der Waals surface area contributed by atoms with Gasteiger partial charge in [-0.1, -0.05) is 13.8 Å². The summed E-state index contributed by atoms with van der Waals surface area (Å²) in [6.45, 7) is 11.2. The fourth-order valence-electron chi connectivity index (χ4n) is 4.49. The molecule has 1 saturated heterocycles. The first-order valence-electron chi connectivity index (χ1n) is 10.9. The van der Waals surface area contributed by atoms with Gasteiger partial charge in [-0.15, -0.1) is 0 Å². The molecule has 0 bridgehead atoms. The first-order chi connectivity index (χ1) is 14.3. The molecule has 178 valence electrons. The predicted octanol–water partition coefficient (Wildman–Crippen LogP) is 2.90. The van der Waals surface area contributed by atoms with Crippen LogP contribution in [0.2, 0.25) is 0 Å². The Bertz CT molecular complexity index is 677. The molecule has 0 amide bonds. The highest BCUT2D eigenvalue weighted by molar-refractivity contribution is 5.83. The van der Waals surface area contributed by atoms with Crippen LogP contribution in [0.3, 0.4) is 0 Å². The number of carbonyl (C=O) groups is 2. The van der Waals surface area contributed by atoms with E-state index in [0.29, 0.717) is 5.76 Å². The molecule has 0 radical (unpaired) electrons. The van der Waals surface area contributed by atoms with Crippen molar-refractivity contribution in [2.45, 2.75) is 90.3 Å². The first-order valence-corrected chi connectivity index (χ1v) is 10.9. The Kier molecular flexibility index (Phi) is 8.30. The van der Waals surface area contributed by atoms with Crippen molar-refractivity contribution < 1.29 is 33.3 Å². The fourth-order valence-corrected chi connectivity index (χ4v) is 4.49. The monoisotopic (exact) mass is 441 g/mol. The molecule has 8 nitrogen and oxygen atoms in total. The summed E-state index contributed by atoms with van der Waals surface area (Å²) in [6.07, 6.45) is 2.07. The molecule has 2 heterocycles. The summed E-state index contributed by atoms with van der Waals surface area (Å²) >= 11 is 0. The Morgan fingerprint density at radius 2 is 1.97 bits per heavy atom. The van der Waals surface area contributed by atoms with Crippen molar-refractivity contribution in [3.05, 3.63) is 11.8 Å². The number of nitrogens with zero attached hydrogens (tertiary/aromatic N) is 1. The molecule has 2 rings (SSSR count). The Morgan fingerprint density at radius 1 is 1.32 bits per heavy atom. The molecule has 0 aromatic heterocycles. The van der Waals surface area contributed by atoms with Crippen LogP contribution in [0.1, 0.15) is 54.4 Å². The van der Waals surface area contributed by atoms with E-state index in [2.05, 4.69) is 25.9 Å². The van der Waals surface area contributed by atoms with E-state index in [4.69, 9.17) is 23.7 Å². The van der Waals surface area contributed by atoms with Crippen molar-refractivity contribution in [2.75, 3.05) is 21.2 Å². The number of hydrogen-bond donors (Lipinski definition) is 0. The summed E-state index contributed by atoms with van der Waals surface area (Å²) in [5.74, 6) is -1.45. The molecule has 1 fully saturated rings. The molecule has 0 aromatic carbocycles. The van der Waals surface area contributed by atoms with Crippen LogP contribution in [0, 0.1) is 11.8 Å². The zero-order valence-corrected chi connectivity index (χ0v) is 20.3. The Balaban J connectivity index is 2.39. The molecule has 7 atom stereocenters. The number of cyclic esters (lactones) is 1. The second kappa shape index (κ2) is 9.98. The number of rotatable bonds is 9. The van der Waals surface area contributed by atoms with Gasteiger partial charge in [-0.3, -0.25) is 0 Å². The Labute approximate surface area is 186 Å². The third-order valence-electron chi connectivity index (χ3n) is 6.35. The minimum Gasteiger partial charge on any atom is -0.456 e. The van der Waals surface area contributed by atoms with Crippen LogP contribution in [0.25, 0.3) is 0 Å². The highest BCUT2D eigenvalue weighted by atomic mass is 16.7. The molecule has 2 aliphatic heterocycles. The largest absolute Gasteiger partial charge is 0.456 e. The summed E-state index contributed by atoms with van der Waals surface area (Å²) in [6, 6.07) is 0.281. The van der Waals surface area contributed by atoms with Gasteiger partial charge in [0.1, 0.15) is 12.0 Å². The standard InChI is InChI=1S/C23H39NO7/c1-14-12-17(24(7)8)15(2)21(28-14)29-20(23(6,27-9)10-11-25)16(3)18-13-19(26)31-22(4,5)30-18/h11,13-17,20-21H,10,12H2,1-9H3/t14-,15-,16+,17?,20-,21+,23-/m1/s1. The van der Waals surface area contributed by atoms with Crippen LogP contribution in [0.15, 0.2) is 11.8 Å². The molecule has 8 heteroatoms. The third kappa shape index (κ3) is 6.06. The number of ether oxygens (including phenoxy) is 5. The van der Waals surface area contributed by atoms with Gasteiger partial charge in [0.2, 0.25) is 5.79 Å². The molecular weight excluding hydrogens is 402 g/mol. The van der Waals surface area contributed by atoms with Crippen LogP contribution in [-0.2, 0) is 33.3 Å². The van der Waals surface area contributed by atoms with E-state index in [9.17, 15) is 9.59 Å². The van der Waals surface area contributed by atoms with E-state index in [0.717, 1.165) is 12.7 Å². The van der Waals surface area contributed by atoms with Gasteiger partial charge in [0.05, 0.1) is 23.9 Å². The van der Waals surface area contributed by atoms with Gasteiger partial charge in [-0.25, -0.2) is 4.79 Å². The molecular formula is C23H39NO7. The molecule has 1 unspecified atom stereocenters. The SMILES string of the molecule is CO[C@](C)(CC=O)[C@H](O[C@@H]1O[C@H](C)CC(N(C)C)[C@H]1C)[C@@H](C)C1=CC(=O)OC(C)(C)O1. The lowest BCUT2D eigenvalue weighted by Gasteiger charge is -2.47. The van der Waals surface area contributed by atoms with Crippen LogP contribution in [-0.4, -0.2) is 74.3 Å². The van der Waals surface area contributed by atoms with E-state index in [1.807, 2.05) is 20.8 Å². The predicted molar refractivity (Wildman–Crippen MR) is 115 cm³/mol. The fraction of sp³-hybridized carbons (Fsp3) is 0.826. The second-order valence-corrected chi connectivity index (χ2v) is 9.64. The lowest BCUT2D eigenvalue weighted by Crippen LogP contribution is -2.55. The second-order valence-electron chi connectivity index (χ2n) is 9.64. The molecule has 31 heavy (non-hydrogen) atoms. The number of methoxy groups -OCH3 is 1. The van der Waals surface area contributed by atoms with E-state index in [1.165, 1.54) is 6.08 Å². The maximum absolute atomic E-state index is 12.1. The van der Waals surface area contributed by atoms with Gasteiger partial charge in [0, 0.05) is 45.3 Å². The average molecular weight is 442 g/mol. The van der Waals surface area contributed by atoms with E-state index >= 15 is 0 Å². The van der Waals surface area contributed by atoms with Crippen LogP contribution in [0.5, 0.6) is 0 Å². The zero-order chi connectivity index (χ0) is 23.6. The van der Waals surface area contributed by atoms with Crippen molar-refractivity contribution >= 4 is 12.3 Å². The van der Waals surface area contributed by atoms with Gasteiger partial charge in [-0.2, -0.15) is 0 Å². The minimum atomic E-state index is -1.09. The molecule has 0 saturated carbocycles. The van der Waals surface area contributed by atoms with Gasteiger partial charge in [0.25, 0.3) is 0 Å². The molecule has 2 aliphatic rings. The van der Waals surface area contributed by atoms with Crippen molar-refractivity contribution in [2.24, 2.45) is 11.8 Å². The summed E-state index contributed by atoms with van der Waals surface area (Å²) in [5, 5.41) is 0. The lowest BCUT2D eigenvalue weighted by atomic mass is 9.84. The van der Waals surface area contributed by atoms with Crippen molar-refractivity contribution in [1.29, 1.82) is 0 Å². The van der Waals surface area contributed by atoms with Gasteiger partial charge < -0.3 is 33.4 Å². The maximum atomic E-state index is 12.1. The number of esters is 1. The molecule has 0 aromatic rings. The van der Waals surface area contributed by atoms with Crippen molar-refractivity contribution in [3.63, 3.8) is 0 Å². The topological polar surface area (TPSA) is 83.5 Å². The summed E-state index contributed by atoms with van der Waals surface area (Å²) in [5.41, 5.74) is -0.950. The number of hydrogen-bond acceptors (Lipinski definition) is 8. The third-order valence-corrected chi connectivity index (χ3v) is 6.35. The van der Waals surface area contributed by atoms with Crippen LogP contribution >= 0.6 is 0 Å². The average Bonchev–Trinajstić information content (AvgIpc) is 2.66. The maximum Gasteiger partial charge on any atom is 0.337 e. The van der Waals surface area contributed by atoms with E-state index in [-0.39, 0.29) is 24.5 Å². The summed E-state index contributed by atoms with van der Waals surface area (Å²) in [4.78, 5) is 25.8. The minimum absolute atomic E-state index is 0.0171. The summed E-state index contributed by atoms with van der Waals surface area (Å²) in [7, 11) is 5.66. The molecule has 0 spiro atoms. The summed E-state index contributed by atoms with van der Waals surface area (Å²) < 4.78 is 29.7. The van der Waals surface area contributed by atoms with Gasteiger partial charge in [0.15, 0.2) is 6.29 Å². The molecule has 0 N–H and O–H groups in total. The highest BCUT2D eigenvalue weighted by Gasteiger charge is 2.47. The quantitative estimate of drug-likeness (QED) is 0.399. The van der Waals surface area contributed by atoms with Crippen molar-refractivity contribution in [3.8, 4) is 0 Å². The number of aldehydes is 1. The van der Waals surface area contributed by atoms with Crippen LogP contribution < -0.4 is 0 Å². The lowest BCUT2D eigenvalue weighted by molar-refractivity contribution is -0.283. The van der Waals surface area contributed by atoms with Gasteiger partial charge in [-0.05, 0) is 34.4 Å². The Hall–Kier alpha value is -1.48. The smallest absolute Gasteiger partial charge is 0.337 e. The Morgan fingerprint density at radius 3 is 2.48 bits per heavy atom. The van der Waals surface area contributed by atoms with E-state index < -0.39 is 35.7 Å². The van der Waals surface area contributed by atoms with Crippen molar-refractivity contribution in [1.82, 2.24) is 4.90 Å². The van der Waals surface area contributed by atoms with Gasteiger partial charge >= 0.3 is 5.97 Å². The van der Waals surface area contributed by atoms with Crippen LogP contribution in [0.4, 0.5) is 0 Å². The first kappa shape index (κ1) is 25.8. The number of carbonyl (C=O) groups excluding carboxylic acids is 2. The zero-order valence-electron chi connectivity index (χ0n) is 20.3. The highest BCUT2D eigenvalue weighted by Crippen LogP contribution is 2.38. The normalized spacial score (nSPS) is 32.3.